The van der Waals surface area contributed by atoms with Crippen LogP contribution in [0.5, 0.6) is 0 Å². The third kappa shape index (κ3) is 1.01. The van der Waals surface area contributed by atoms with Gasteiger partial charge in [-0.1, -0.05) is 0 Å². The van der Waals surface area contributed by atoms with E-state index in [-0.39, 0.29) is 5.60 Å². The second kappa shape index (κ2) is 2.47. The van der Waals surface area contributed by atoms with E-state index in [9.17, 15) is 4.39 Å². The zero-order valence-electron chi connectivity index (χ0n) is 8.13. The normalized spacial score (nSPS) is 58.6. The predicted molar refractivity (Wildman–Crippen MR) is 48.2 cm³/mol. The number of halogens is 1. The van der Waals surface area contributed by atoms with Crippen LogP contribution >= 0.6 is 0 Å². The Labute approximate surface area is 78.7 Å². The minimum Gasteiger partial charge on any atom is -0.378 e. The number of hydrogen-bond donors (Lipinski definition) is 0. The summed E-state index contributed by atoms with van der Waals surface area (Å²) in [4.78, 5) is 0. The molecule has 4 saturated carbocycles. The molecule has 0 N–H and O–H groups in total. The Kier molecular flexibility index (Phi) is 1.56. The summed E-state index contributed by atoms with van der Waals surface area (Å²) in [6.07, 6.45) is 4.91. The maximum Gasteiger partial charge on any atom is 0.106 e. The van der Waals surface area contributed by atoms with Crippen LogP contribution in [-0.4, -0.2) is 18.9 Å². The number of alkyl halides is 1. The molecule has 0 spiro atoms. The van der Waals surface area contributed by atoms with E-state index in [4.69, 9.17) is 4.74 Å². The van der Waals surface area contributed by atoms with Gasteiger partial charge < -0.3 is 4.74 Å². The lowest BCUT2D eigenvalue weighted by Gasteiger charge is -2.57. The average molecular weight is 184 g/mol. The van der Waals surface area contributed by atoms with Crippen molar-refractivity contribution < 1.29 is 9.13 Å². The quantitative estimate of drug-likeness (QED) is 0.608. The van der Waals surface area contributed by atoms with E-state index in [0.29, 0.717) is 11.8 Å². The molecular weight excluding hydrogens is 167 g/mol. The van der Waals surface area contributed by atoms with Crippen molar-refractivity contribution in [3.05, 3.63) is 0 Å². The van der Waals surface area contributed by atoms with Gasteiger partial charge in [-0.15, -0.1) is 0 Å². The first kappa shape index (κ1) is 8.22. The molecule has 0 aromatic rings. The van der Waals surface area contributed by atoms with Crippen molar-refractivity contribution in [2.24, 2.45) is 17.8 Å². The first-order valence-corrected chi connectivity index (χ1v) is 5.42. The molecule has 0 heterocycles. The molecule has 4 fully saturated rings. The Morgan fingerprint density at radius 3 is 2.31 bits per heavy atom. The van der Waals surface area contributed by atoms with Gasteiger partial charge in [-0.05, 0) is 49.9 Å². The minimum absolute atomic E-state index is 0.0824. The lowest BCUT2D eigenvalue weighted by Crippen LogP contribution is -2.56. The van der Waals surface area contributed by atoms with E-state index < -0.39 is 6.17 Å². The van der Waals surface area contributed by atoms with Crippen LogP contribution in [0.1, 0.15) is 32.1 Å². The highest BCUT2D eigenvalue weighted by molar-refractivity contribution is 5.06. The molecule has 4 aliphatic rings. The third-order valence-corrected chi connectivity index (χ3v) is 4.53. The highest BCUT2D eigenvalue weighted by Gasteiger charge is 2.55. The van der Waals surface area contributed by atoms with Crippen LogP contribution in [0.25, 0.3) is 0 Å². The number of ether oxygens (including phenoxy) is 1. The fraction of sp³-hybridized carbons (Fsp3) is 1.00. The highest BCUT2D eigenvalue weighted by Crippen LogP contribution is 2.57. The molecule has 0 amide bonds. The van der Waals surface area contributed by atoms with Crippen molar-refractivity contribution >= 4 is 0 Å². The van der Waals surface area contributed by atoms with Crippen molar-refractivity contribution in [1.29, 1.82) is 0 Å². The molecule has 4 bridgehead atoms. The summed E-state index contributed by atoms with van der Waals surface area (Å²) in [7, 11) is 1.81. The van der Waals surface area contributed by atoms with E-state index in [1.54, 1.807) is 7.11 Å². The second-order valence-electron chi connectivity index (χ2n) is 5.30. The van der Waals surface area contributed by atoms with Crippen molar-refractivity contribution in [3.8, 4) is 0 Å². The summed E-state index contributed by atoms with van der Waals surface area (Å²) in [6.45, 7) is 0. The first-order chi connectivity index (χ1) is 6.22. The van der Waals surface area contributed by atoms with Gasteiger partial charge in [0, 0.05) is 7.11 Å². The molecule has 0 aromatic carbocycles. The fourth-order valence-corrected chi connectivity index (χ4v) is 4.14. The molecule has 4 rings (SSSR count). The summed E-state index contributed by atoms with van der Waals surface area (Å²) in [6, 6.07) is 0. The Morgan fingerprint density at radius 2 is 1.77 bits per heavy atom. The summed E-state index contributed by atoms with van der Waals surface area (Å²) >= 11 is 0. The van der Waals surface area contributed by atoms with Crippen LogP contribution in [-0.2, 0) is 4.74 Å². The van der Waals surface area contributed by atoms with Gasteiger partial charge in [-0.2, -0.15) is 0 Å². The van der Waals surface area contributed by atoms with Gasteiger partial charge in [0.15, 0.2) is 0 Å². The molecule has 2 heteroatoms. The molecule has 0 aliphatic heterocycles. The van der Waals surface area contributed by atoms with E-state index >= 15 is 0 Å². The van der Waals surface area contributed by atoms with E-state index in [0.717, 1.165) is 31.6 Å². The number of methoxy groups -OCH3 is 1. The van der Waals surface area contributed by atoms with Crippen LogP contribution in [0, 0.1) is 17.8 Å². The Hall–Kier alpha value is -0.110. The monoisotopic (exact) mass is 184 g/mol. The lowest BCUT2D eigenvalue weighted by molar-refractivity contribution is -0.172. The largest absolute Gasteiger partial charge is 0.378 e. The van der Waals surface area contributed by atoms with Crippen LogP contribution in [0.4, 0.5) is 4.39 Å². The SMILES string of the molecule is COC12CC3CC(C1)C(F)C(C3)C2. The molecule has 2 atom stereocenters. The standard InChI is InChI=1S/C11H17FO/c1-13-11-4-7-2-8(5-11)10(12)9(3-7)6-11/h7-10H,2-6H2,1H3. The third-order valence-electron chi connectivity index (χ3n) is 4.53. The number of rotatable bonds is 1. The Morgan fingerprint density at radius 1 is 1.15 bits per heavy atom. The van der Waals surface area contributed by atoms with Crippen LogP contribution in [0.2, 0.25) is 0 Å². The predicted octanol–water partition coefficient (Wildman–Crippen LogP) is 2.55. The lowest BCUT2D eigenvalue weighted by atomic mass is 9.53. The maximum atomic E-state index is 13.7. The van der Waals surface area contributed by atoms with Crippen LogP contribution < -0.4 is 0 Å². The average Bonchev–Trinajstić information content (AvgIpc) is 2.13. The summed E-state index contributed by atoms with van der Waals surface area (Å²) in [5, 5.41) is 0. The second-order valence-corrected chi connectivity index (χ2v) is 5.30. The summed E-state index contributed by atoms with van der Waals surface area (Å²) < 4.78 is 19.4. The van der Waals surface area contributed by atoms with Crippen molar-refractivity contribution in [2.45, 2.75) is 43.9 Å². The Balaban J connectivity index is 1.92. The van der Waals surface area contributed by atoms with E-state index in [2.05, 4.69) is 0 Å². The van der Waals surface area contributed by atoms with Gasteiger partial charge in [0.1, 0.15) is 6.17 Å². The summed E-state index contributed by atoms with van der Waals surface area (Å²) in [5.41, 5.74) is 0.0824. The van der Waals surface area contributed by atoms with Gasteiger partial charge in [-0.3, -0.25) is 0 Å². The zero-order valence-corrected chi connectivity index (χ0v) is 8.13. The molecule has 2 unspecified atom stereocenters. The first-order valence-electron chi connectivity index (χ1n) is 5.42. The minimum atomic E-state index is -0.514. The molecule has 13 heavy (non-hydrogen) atoms. The topological polar surface area (TPSA) is 9.23 Å². The smallest absolute Gasteiger partial charge is 0.106 e. The van der Waals surface area contributed by atoms with Crippen molar-refractivity contribution in [3.63, 3.8) is 0 Å². The fourth-order valence-electron chi connectivity index (χ4n) is 4.14. The molecule has 74 valence electrons. The van der Waals surface area contributed by atoms with Crippen molar-refractivity contribution in [1.82, 2.24) is 0 Å². The van der Waals surface area contributed by atoms with Gasteiger partial charge in [-0.25, -0.2) is 4.39 Å². The van der Waals surface area contributed by atoms with E-state index in [1.165, 1.54) is 6.42 Å². The van der Waals surface area contributed by atoms with Gasteiger partial charge in [0.2, 0.25) is 0 Å². The van der Waals surface area contributed by atoms with Crippen molar-refractivity contribution in [2.75, 3.05) is 7.11 Å². The van der Waals surface area contributed by atoms with E-state index in [1.807, 2.05) is 0 Å². The number of hydrogen-bond acceptors (Lipinski definition) is 1. The maximum absolute atomic E-state index is 13.7. The zero-order chi connectivity index (χ0) is 9.05. The summed E-state index contributed by atoms with van der Waals surface area (Å²) in [5.74, 6) is 1.42. The van der Waals surface area contributed by atoms with Gasteiger partial charge in [0.05, 0.1) is 5.60 Å². The van der Waals surface area contributed by atoms with Crippen LogP contribution in [0.3, 0.4) is 0 Å². The Bertz CT molecular complexity index is 212. The van der Waals surface area contributed by atoms with Crippen LogP contribution in [0.15, 0.2) is 0 Å². The van der Waals surface area contributed by atoms with Gasteiger partial charge in [0.25, 0.3) is 0 Å². The highest BCUT2D eigenvalue weighted by atomic mass is 19.1. The molecule has 0 aromatic heterocycles. The molecular formula is C11H17FO. The molecule has 4 aliphatic carbocycles. The van der Waals surface area contributed by atoms with Gasteiger partial charge >= 0.3 is 0 Å². The molecule has 0 radical (unpaired) electrons. The molecule has 0 saturated heterocycles. The molecule has 1 nitrogen and oxygen atoms in total.